The first-order valence-corrected chi connectivity index (χ1v) is 28.4. The van der Waals surface area contributed by atoms with Crippen LogP contribution in [0, 0.1) is 0 Å². The van der Waals surface area contributed by atoms with Crippen molar-refractivity contribution in [3.8, 4) is 0 Å². The number of alkyl halides is 24. The molecule has 0 aliphatic heterocycles. The van der Waals surface area contributed by atoms with Gasteiger partial charge in [-0.2, -0.15) is 132 Å². The van der Waals surface area contributed by atoms with Gasteiger partial charge in [0.2, 0.25) is 0 Å². The van der Waals surface area contributed by atoms with Crippen LogP contribution in [-0.4, -0.2) is 37.3 Å². The molecule has 0 aliphatic carbocycles. The summed E-state index contributed by atoms with van der Waals surface area (Å²) in [5.74, 6) is -1.28. The molecular formula is C61H61BF24N2O4. The van der Waals surface area contributed by atoms with E-state index in [9.17, 15) is 115 Å². The van der Waals surface area contributed by atoms with Gasteiger partial charge in [-0.05, 0) is 37.1 Å². The van der Waals surface area contributed by atoms with E-state index in [-0.39, 0.29) is 5.57 Å². The van der Waals surface area contributed by atoms with Crippen molar-refractivity contribution in [1.82, 2.24) is 4.98 Å². The fourth-order valence-corrected chi connectivity index (χ4v) is 10.5. The predicted octanol–water partition coefficient (Wildman–Crippen LogP) is 17.9. The van der Waals surface area contributed by atoms with Gasteiger partial charge in [0, 0.05) is 5.57 Å². The van der Waals surface area contributed by atoms with Gasteiger partial charge in [0.1, 0.15) is 11.7 Å². The first-order valence-electron chi connectivity index (χ1n) is 28.4. The van der Waals surface area contributed by atoms with Gasteiger partial charge in [0.05, 0.1) is 71.1 Å². The molecule has 0 spiro atoms. The summed E-state index contributed by atoms with van der Waals surface area (Å²) >= 11 is 0. The lowest BCUT2D eigenvalue weighted by atomic mass is 9.12. The fraction of sp³-hybridized carbons (Fsp3) is 0.475. The molecule has 92 heavy (non-hydrogen) atoms. The highest BCUT2D eigenvalue weighted by atomic mass is 19.4. The Morgan fingerprint density at radius 1 is 0.359 bits per heavy atom. The molecule has 0 bridgehead atoms. The third-order valence-electron chi connectivity index (χ3n) is 15.0. The molecule has 6 nitrogen and oxygen atoms in total. The summed E-state index contributed by atoms with van der Waals surface area (Å²) in [5, 5.41) is 0. The first-order chi connectivity index (χ1) is 42.4. The van der Waals surface area contributed by atoms with E-state index in [0.29, 0.717) is 13.0 Å². The number of esters is 2. The standard InChI is InChI=1S/C32H12BF24.C29H49N2O4/c34-25(35,36)13-1-14(26(37,38)39)6-21(5-13)33(22-7-15(27(40,41)42)2-16(8-22)28(43,44)45,23-9-17(29(46,47)48)3-18(10-23)30(49,50)51)24-11-19(31(52,53)54)4-20(12-24)32(55,56)57;1-4-5-6-7-8-9-10-11-12-13-14-15-16-17-18-19-20-26(25-31-23-21-30-22-24-31)27(28(32)34-2)29(33)35-3/h1-12H;21-24H,4-20,25H2,1-3H3/q-1;+1. The molecule has 0 radical (unpaired) electrons. The number of halogens is 24. The van der Waals surface area contributed by atoms with Gasteiger partial charge in [-0.3, -0.25) is 4.98 Å². The number of nitrogens with zero attached hydrogens (tertiary/aromatic N) is 2. The second kappa shape index (κ2) is 31.8. The van der Waals surface area contributed by atoms with E-state index >= 15 is 0 Å². The highest BCUT2D eigenvalue weighted by molar-refractivity contribution is 7.20. The van der Waals surface area contributed by atoms with Crippen molar-refractivity contribution in [3.05, 3.63) is 153 Å². The Hall–Kier alpha value is -6.98. The average molecular weight is 1350 g/mol. The number of hydrogen-bond acceptors (Lipinski definition) is 5. The van der Waals surface area contributed by atoms with Crippen molar-refractivity contribution < 1.29 is 129 Å². The van der Waals surface area contributed by atoms with Gasteiger partial charge in [-0.1, -0.05) is 152 Å². The Bertz CT molecular complexity index is 2800. The zero-order valence-corrected chi connectivity index (χ0v) is 49.1. The van der Waals surface area contributed by atoms with E-state index < -0.39 is 207 Å². The molecule has 1 aromatic heterocycles. The lowest BCUT2D eigenvalue weighted by molar-refractivity contribution is -0.689. The number of benzene rings is 4. The highest BCUT2D eigenvalue weighted by Crippen LogP contribution is 2.42. The van der Waals surface area contributed by atoms with Crippen LogP contribution in [0.4, 0.5) is 105 Å². The van der Waals surface area contributed by atoms with E-state index in [1.165, 1.54) is 104 Å². The summed E-state index contributed by atoms with van der Waals surface area (Å²) in [4.78, 5) is 28.7. The second-order valence-electron chi connectivity index (χ2n) is 21.7. The predicted molar refractivity (Wildman–Crippen MR) is 290 cm³/mol. The molecule has 0 saturated carbocycles. The van der Waals surface area contributed by atoms with Gasteiger partial charge in [-0.15, -0.1) is 0 Å². The molecule has 31 heteroatoms. The van der Waals surface area contributed by atoms with Gasteiger partial charge in [0.15, 0.2) is 18.9 Å². The summed E-state index contributed by atoms with van der Waals surface area (Å²) in [6, 6.07) is -8.81. The zero-order chi connectivity index (χ0) is 69.5. The van der Waals surface area contributed by atoms with Crippen LogP contribution in [0.25, 0.3) is 0 Å². The lowest BCUT2D eigenvalue weighted by Gasteiger charge is -2.46. The van der Waals surface area contributed by atoms with Crippen molar-refractivity contribution >= 4 is 39.9 Å². The van der Waals surface area contributed by atoms with Crippen LogP contribution in [-0.2, 0) is 75.0 Å². The van der Waals surface area contributed by atoms with Crippen LogP contribution >= 0.6 is 0 Å². The molecule has 0 saturated heterocycles. The number of carbonyl (C=O) groups is 2. The molecule has 5 aromatic rings. The van der Waals surface area contributed by atoms with Gasteiger partial charge >= 0.3 is 61.3 Å². The molecule has 510 valence electrons. The topological polar surface area (TPSA) is 69.4 Å². The van der Waals surface area contributed by atoms with E-state index in [2.05, 4.69) is 11.9 Å². The summed E-state index contributed by atoms with van der Waals surface area (Å²) < 4.78 is 352. The summed E-state index contributed by atoms with van der Waals surface area (Å²) in [6.07, 6.45) is -26.2. The number of carbonyl (C=O) groups excluding carboxylic acids is 2. The van der Waals surface area contributed by atoms with Crippen LogP contribution in [0.2, 0.25) is 0 Å². The number of methoxy groups -OCH3 is 2. The number of ether oxygens (including phenoxy) is 2. The van der Waals surface area contributed by atoms with Crippen LogP contribution in [0.5, 0.6) is 0 Å². The molecule has 0 atom stereocenters. The first kappa shape index (κ1) is 77.5. The summed E-state index contributed by atoms with van der Waals surface area (Å²) in [5.41, 5.74) is -29.4. The quantitative estimate of drug-likeness (QED) is 0.00851. The molecule has 0 unspecified atom stereocenters. The molecule has 0 aliphatic rings. The monoisotopic (exact) mass is 1350 g/mol. The third-order valence-corrected chi connectivity index (χ3v) is 15.0. The fourth-order valence-electron chi connectivity index (χ4n) is 10.5. The van der Waals surface area contributed by atoms with Crippen LogP contribution < -0.4 is 26.4 Å². The Morgan fingerprint density at radius 3 is 0.783 bits per heavy atom. The van der Waals surface area contributed by atoms with Crippen molar-refractivity contribution in [2.75, 3.05) is 14.2 Å². The minimum absolute atomic E-state index is 0.0141. The number of aromatic nitrogens is 2. The van der Waals surface area contributed by atoms with Crippen LogP contribution in [0.3, 0.4) is 0 Å². The molecule has 5 rings (SSSR count). The molecule has 0 amide bonds. The maximum absolute atomic E-state index is 14.2. The number of hydrogen-bond donors (Lipinski definition) is 0. The Morgan fingerprint density at radius 2 is 0.576 bits per heavy atom. The van der Waals surface area contributed by atoms with Crippen molar-refractivity contribution in [2.24, 2.45) is 0 Å². The molecule has 0 fully saturated rings. The third kappa shape index (κ3) is 22.1. The van der Waals surface area contributed by atoms with Gasteiger partial charge in [0.25, 0.3) is 0 Å². The SMILES string of the molecule is CCCCCCCCCCCCCCCCCCC(C[n+]1ccncc1)=C(C(=O)OC)C(=O)OC.FC(F)(F)c1cc([B-](c2cc(C(F)(F)F)cc(C(F)(F)F)c2)(c2cc(C(F)(F)F)cc(C(F)(F)F)c2)c2cc(C(F)(F)F)cc(C(F)(F)F)c2)cc(C(F)(F)F)c1. The number of rotatable bonds is 25. The minimum Gasteiger partial charge on any atom is -0.465 e. The Labute approximate surface area is 512 Å². The Kier molecular flexibility index (Phi) is 26.8. The van der Waals surface area contributed by atoms with Crippen molar-refractivity contribution in [3.63, 3.8) is 0 Å². The van der Waals surface area contributed by atoms with E-state index in [1.807, 2.05) is 17.0 Å². The number of allylic oxidation sites excluding steroid dienone is 1. The maximum atomic E-state index is 14.2. The normalized spacial score (nSPS) is 12.9. The molecular weight excluding hydrogens is 1290 g/mol. The highest BCUT2D eigenvalue weighted by Gasteiger charge is 2.47. The lowest BCUT2D eigenvalue weighted by Crippen LogP contribution is -2.75. The molecule has 1 heterocycles. The zero-order valence-electron chi connectivity index (χ0n) is 49.1. The van der Waals surface area contributed by atoms with Crippen LogP contribution in [0.15, 0.2) is 109 Å². The van der Waals surface area contributed by atoms with Gasteiger partial charge in [-0.25, -0.2) is 9.59 Å². The molecule has 0 N–H and O–H groups in total. The second-order valence-corrected chi connectivity index (χ2v) is 21.7. The minimum atomic E-state index is -6.13. The largest absolute Gasteiger partial charge is 0.465 e. The van der Waals surface area contributed by atoms with Gasteiger partial charge < -0.3 is 9.47 Å². The van der Waals surface area contributed by atoms with Crippen LogP contribution in [0.1, 0.15) is 161 Å². The summed E-state index contributed by atoms with van der Waals surface area (Å²) in [6.45, 7) is 2.70. The van der Waals surface area contributed by atoms with Crippen molar-refractivity contribution in [1.29, 1.82) is 0 Å². The van der Waals surface area contributed by atoms with Crippen molar-refractivity contribution in [2.45, 2.75) is 172 Å². The van der Waals surface area contributed by atoms with E-state index in [0.717, 1.165) is 18.4 Å². The number of unbranched alkanes of at least 4 members (excludes halogenated alkanes) is 15. The summed E-state index contributed by atoms with van der Waals surface area (Å²) in [7, 11) is 2.58. The molecule has 4 aromatic carbocycles. The maximum Gasteiger partial charge on any atom is 0.416 e. The average Bonchev–Trinajstić information content (AvgIpc) is 0.709. The van der Waals surface area contributed by atoms with E-state index in [4.69, 9.17) is 9.47 Å². The van der Waals surface area contributed by atoms with E-state index in [1.54, 1.807) is 12.4 Å². The Balaban J connectivity index is 0.000000442. The smallest absolute Gasteiger partial charge is 0.416 e.